The number of Topliss-reactive ketones (excluding diaryl/α,β-unsaturated/α-hetero) is 1. The summed E-state index contributed by atoms with van der Waals surface area (Å²) in [6.45, 7) is 15.4. The van der Waals surface area contributed by atoms with Crippen LogP contribution in [0.4, 0.5) is 25.8 Å². The first-order chi connectivity index (χ1) is 44.1. The van der Waals surface area contributed by atoms with Gasteiger partial charge in [0.2, 0.25) is 29.5 Å². The average molecular weight is 1340 g/mol. The number of halogens is 1. The molecule has 10 atom stereocenters. The molecule has 0 aromatic heterocycles. The average Bonchev–Trinajstić information content (AvgIpc) is 1.57. The first-order valence-corrected chi connectivity index (χ1v) is 31.8. The molecule has 520 valence electrons. The number of aliphatic hydroxyl groups is 1. The number of hydrogen-bond acceptors (Lipinski definition) is 18. The van der Waals surface area contributed by atoms with Crippen molar-refractivity contribution in [2.24, 2.45) is 23.0 Å². The van der Waals surface area contributed by atoms with Crippen molar-refractivity contribution in [2.75, 3.05) is 65.8 Å². The highest BCUT2D eigenvalue weighted by Gasteiger charge is 2.64. The number of ether oxygens (including phenoxy) is 7. The smallest absolute Gasteiger partial charge is 0.409 e. The number of benzene rings is 2. The van der Waals surface area contributed by atoms with Crippen LogP contribution in [0.25, 0.3) is 0 Å². The van der Waals surface area contributed by atoms with Gasteiger partial charge in [-0.1, -0.05) is 83.0 Å². The maximum Gasteiger partial charge on any atom is 0.409 e. The van der Waals surface area contributed by atoms with Crippen molar-refractivity contribution in [2.45, 2.75) is 187 Å². The molecule has 5 rings (SSSR count). The van der Waals surface area contributed by atoms with Gasteiger partial charge in [0.25, 0.3) is 0 Å². The molecule has 0 radical (unpaired) electrons. The first kappa shape index (κ1) is 76.7. The number of nitrogens with one attached hydrogen (secondary N) is 5. The zero-order chi connectivity index (χ0) is 70.2. The van der Waals surface area contributed by atoms with E-state index >= 15 is 0 Å². The molecule has 3 aliphatic heterocycles. The van der Waals surface area contributed by atoms with Crippen LogP contribution >= 0.6 is 11.6 Å². The normalized spacial score (nSPS) is 23.2. The Bertz CT molecular complexity index is 3150. The Labute approximate surface area is 555 Å². The Kier molecular flexibility index (Phi) is 27.7. The molecule has 9 amide bonds. The van der Waals surface area contributed by atoms with Crippen molar-refractivity contribution in [1.29, 1.82) is 0 Å². The lowest BCUT2D eigenvalue weighted by molar-refractivity contribution is -0.162. The largest absolute Gasteiger partial charge is 0.495 e. The van der Waals surface area contributed by atoms with Gasteiger partial charge in [-0.15, -0.1) is 0 Å². The second-order valence-corrected chi connectivity index (χ2v) is 26.2. The van der Waals surface area contributed by atoms with Crippen molar-refractivity contribution in [3.05, 3.63) is 70.3 Å². The van der Waals surface area contributed by atoms with Gasteiger partial charge in [0.1, 0.15) is 71.0 Å². The van der Waals surface area contributed by atoms with Crippen LogP contribution in [0.5, 0.6) is 11.5 Å². The summed E-state index contributed by atoms with van der Waals surface area (Å²) >= 11 is 6.84. The number of hydrogen-bond donors (Lipinski definition) is 7. The van der Waals surface area contributed by atoms with E-state index < -0.39 is 119 Å². The van der Waals surface area contributed by atoms with Gasteiger partial charge in [0.05, 0.1) is 38.1 Å². The fourth-order valence-corrected chi connectivity index (χ4v) is 11.2. The van der Waals surface area contributed by atoms with Gasteiger partial charge in [0.15, 0.2) is 5.72 Å². The number of alkyl carbamates (subject to hydrolysis) is 1. The highest BCUT2D eigenvalue weighted by atomic mass is 35.5. The number of unbranched alkanes of at least 4 members (excludes halogenated alkanes) is 1. The van der Waals surface area contributed by atoms with E-state index in [4.69, 9.17) is 50.5 Å². The second kappa shape index (κ2) is 33.9. The number of primary amides is 1. The molecule has 28 heteroatoms. The Morgan fingerprint density at radius 3 is 2.26 bits per heavy atom. The minimum Gasteiger partial charge on any atom is -0.495 e. The number of carbonyl (C=O) groups excluding carboxylic acids is 10. The highest BCUT2D eigenvalue weighted by Crippen LogP contribution is 2.49. The number of nitrogens with two attached hydrogens (primary N) is 1. The van der Waals surface area contributed by atoms with Crippen molar-refractivity contribution in [3.8, 4) is 11.5 Å². The quantitative estimate of drug-likeness (QED) is 0.0233. The molecule has 3 aliphatic rings. The third-order valence-corrected chi connectivity index (χ3v) is 17.5. The molecule has 4 bridgehead atoms. The van der Waals surface area contributed by atoms with Gasteiger partial charge in [0, 0.05) is 78.4 Å². The van der Waals surface area contributed by atoms with Gasteiger partial charge in [-0.25, -0.2) is 19.2 Å². The SMILES string of the molecule is COc1cc(COC(=O)N(C)CCC(=O)N(C)[C@@H](C)C(=O)O[C@H]2CC(=O)N(C)c3cc(cc(OC)c3Cl)C/C(C)=C/C=C/[C@@H](OC)[C@@]3(O)C[C@H](OC(=O)N3)[C@@H](C)[C@@H]3O[C@@]23C)ccc1NC(=O)[C@H](CCCNC(N)=O)NC(=O)[C@@H](NC(=O)CCCCC(=O)C(C)(C)C)C(C)C. The van der Waals surface area contributed by atoms with Crippen LogP contribution in [0.2, 0.25) is 5.02 Å². The molecule has 2 saturated heterocycles. The first-order valence-electron chi connectivity index (χ1n) is 31.4. The van der Waals surface area contributed by atoms with Crippen molar-refractivity contribution >= 4 is 82.5 Å². The van der Waals surface area contributed by atoms with Crippen LogP contribution in [0.3, 0.4) is 0 Å². The number of allylic oxidation sites excluding steroid dienone is 3. The van der Waals surface area contributed by atoms with E-state index in [0.717, 1.165) is 16.0 Å². The molecule has 27 nitrogen and oxygen atoms in total. The third kappa shape index (κ3) is 21.0. The van der Waals surface area contributed by atoms with Gasteiger partial charge in [-0.05, 0) is 94.2 Å². The molecule has 8 N–H and O–H groups in total. The summed E-state index contributed by atoms with van der Waals surface area (Å²) in [6.07, 6.45) is 0.641. The molecular formula is C66H96ClN9O18. The molecule has 0 unspecified atom stereocenters. The molecule has 3 heterocycles. The molecular weight excluding hydrogens is 1240 g/mol. The molecule has 2 fully saturated rings. The van der Waals surface area contributed by atoms with E-state index in [1.165, 1.54) is 71.3 Å². The van der Waals surface area contributed by atoms with E-state index in [-0.39, 0.29) is 85.9 Å². The summed E-state index contributed by atoms with van der Waals surface area (Å²) in [7, 11) is 8.54. The van der Waals surface area contributed by atoms with Crippen LogP contribution in [0, 0.1) is 17.3 Å². The summed E-state index contributed by atoms with van der Waals surface area (Å²) in [5.41, 5.74) is 4.06. The molecule has 0 aliphatic carbocycles. The Morgan fingerprint density at radius 1 is 0.936 bits per heavy atom. The van der Waals surface area contributed by atoms with E-state index in [0.29, 0.717) is 42.7 Å². The third-order valence-electron chi connectivity index (χ3n) is 17.1. The molecule has 2 aromatic rings. The number of ketones is 1. The summed E-state index contributed by atoms with van der Waals surface area (Å²) in [4.78, 5) is 137. The number of likely N-dealkylation sites (N-methyl/N-ethyl adjacent to an activating group) is 1. The summed E-state index contributed by atoms with van der Waals surface area (Å²) in [5, 5.41) is 25.3. The number of nitrogens with zero attached hydrogens (tertiary/aromatic N) is 3. The molecule has 0 saturated carbocycles. The molecule has 0 spiro atoms. The van der Waals surface area contributed by atoms with Crippen LogP contribution in [-0.2, 0) is 70.3 Å². The van der Waals surface area contributed by atoms with Crippen LogP contribution in [0.1, 0.15) is 131 Å². The lowest BCUT2D eigenvalue weighted by Crippen LogP contribution is -2.63. The van der Waals surface area contributed by atoms with Gasteiger partial charge >= 0.3 is 24.2 Å². The maximum atomic E-state index is 14.5. The van der Waals surface area contributed by atoms with Gasteiger partial charge < -0.3 is 80.0 Å². The number of methoxy groups -OCH3 is 3. The lowest BCUT2D eigenvalue weighted by atomic mass is 9.83. The lowest BCUT2D eigenvalue weighted by Gasteiger charge is -2.42. The fourth-order valence-electron chi connectivity index (χ4n) is 10.9. The van der Waals surface area contributed by atoms with Crippen LogP contribution < -0.4 is 46.7 Å². The molecule has 2 aromatic carbocycles. The Hall–Kier alpha value is -8.01. The standard InChI is InChI=1S/C66H96ClN9O18/c1-37(2)56(72-52(78)24-17-16-22-49(77)64(6,7)8)59(82)71-44(21-19-28-69-61(68)84)58(81)70-43-26-25-41(32-46(43)88-13)36-91-63(86)74(10)29-27-53(79)75(11)40(5)60(83)93-51-34-54(80)76(12)45-31-42(33-47(89-14)55(45)67)30-38(3)20-18-23-50(90-15)66(87)35-48(92-62(85)73-66)39(4)57-65(51,9)94-57/h18,20,23,25-26,31-33,37,39-40,44,48,50-51,56-57,87H,16-17,19,21-22,24,27-30,34-36H2,1-15H3,(H,70,81)(H,71,82)(H,72,78)(H,73,85)(H3,68,69,84)/b23-18+,38-20+/t39-,40+,44+,48+,50-,51+,56+,57+,65+,66+/m1/s1. The van der Waals surface area contributed by atoms with Crippen LogP contribution in [-0.4, -0.2) is 184 Å². The van der Waals surface area contributed by atoms with Crippen molar-refractivity contribution in [1.82, 2.24) is 31.1 Å². The van der Waals surface area contributed by atoms with E-state index in [1.54, 1.807) is 58.0 Å². The minimum absolute atomic E-state index is 0.0567. The Morgan fingerprint density at radius 2 is 1.62 bits per heavy atom. The zero-order valence-electron chi connectivity index (χ0n) is 56.7. The second-order valence-electron chi connectivity index (χ2n) is 25.8. The molecule has 94 heavy (non-hydrogen) atoms. The zero-order valence-corrected chi connectivity index (χ0v) is 57.4. The van der Waals surface area contributed by atoms with E-state index in [9.17, 15) is 53.1 Å². The van der Waals surface area contributed by atoms with E-state index in [1.807, 2.05) is 33.8 Å². The number of esters is 1. The number of amides is 9. The number of epoxide rings is 1. The Balaban J connectivity index is 1.22. The fraction of sp³-hybridized carbons (Fsp3) is 0.606. The number of carbonyl (C=O) groups is 10. The van der Waals surface area contributed by atoms with Crippen LogP contribution in [0.15, 0.2) is 54.1 Å². The van der Waals surface area contributed by atoms with Crippen molar-refractivity contribution < 1.29 is 86.2 Å². The summed E-state index contributed by atoms with van der Waals surface area (Å²) in [5.74, 6) is -4.06. The summed E-state index contributed by atoms with van der Waals surface area (Å²) < 4.78 is 40.7. The highest BCUT2D eigenvalue weighted by molar-refractivity contribution is 6.35. The topological polar surface area (TPSA) is 355 Å². The predicted octanol–water partition coefficient (Wildman–Crippen LogP) is 6.37. The number of urea groups is 1. The number of rotatable bonds is 26. The van der Waals surface area contributed by atoms with Gasteiger partial charge in [-0.2, -0.15) is 0 Å². The minimum atomic E-state index is -1.91. The van der Waals surface area contributed by atoms with Gasteiger partial charge in [-0.3, -0.25) is 34.1 Å². The summed E-state index contributed by atoms with van der Waals surface area (Å²) in [6, 6.07) is 3.95. The maximum absolute atomic E-state index is 14.5. The predicted molar refractivity (Wildman–Crippen MR) is 348 cm³/mol. The number of anilines is 2. The van der Waals surface area contributed by atoms with E-state index in [2.05, 4.69) is 26.6 Å². The number of fused-ring (bicyclic) bond motifs is 5. The monoisotopic (exact) mass is 1340 g/mol. The van der Waals surface area contributed by atoms with Crippen molar-refractivity contribution in [3.63, 3.8) is 0 Å².